The number of hydrogen-bond acceptors (Lipinski definition) is 4. The summed E-state index contributed by atoms with van der Waals surface area (Å²) in [5, 5.41) is 3.44. The molecule has 18 heavy (non-hydrogen) atoms. The van der Waals surface area contributed by atoms with E-state index in [-0.39, 0.29) is 5.54 Å². The summed E-state index contributed by atoms with van der Waals surface area (Å²) in [6.45, 7) is 10.1. The molecule has 4 nitrogen and oxygen atoms in total. The zero-order chi connectivity index (χ0) is 14.0. The molecular weight excluding hydrogens is 226 g/mol. The molecule has 0 unspecified atom stereocenters. The lowest BCUT2D eigenvalue weighted by Gasteiger charge is -2.20. The summed E-state index contributed by atoms with van der Waals surface area (Å²) < 4.78 is 5.36. The van der Waals surface area contributed by atoms with Crippen LogP contribution in [-0.4, -0.2) is 30.7 Å². The summed E-state index contributed by atoms with van der Waals surface area (Å²) in [6.07, 6.45) is 0.929. The molecule has 0 saturated carbocycles. The van der Waals surface area contributed by atoms with Crippen molar-refractivity contribution in [2.45, 2.75) is 39.7 Å². The Bertz CT molecular complexity index is 321. The van der Waals surface area contributed by atoms with Gasteiger partial charge in [-0.1, -0.05) is 6.07 Å². The summed E-state index contributed by atoms with van der Waals surface area (Å²) in [7, 11) is 1.50. The molecule has 1 aromatic rings. The molecule has 0 aliphatic heterocycles. The van der Waals surface area contributed by atoms with Crippen LogP contribution in [0.1, 0.15) is 33.4 Å². The minimum atomic E-state index is 0.164. The van der Waals surface area contributed by atoms with Gasteiger partial charge in [0, 0.05) is 30.3 Å². The third kappa shape index (κ3) is 8.03. The summed E-state index contributed by atoms with van der Waals surface area (Å²) >= 11 is 0. The minimum absolute atomic E-state index is 0.164. The van der Waals surface area contributed by atoms with E-state index in [1.54, 1.807) is 0 Å². The van der Waals surface area contributed by atoms with E-state index >= 15 is 0 Å². The van der Waals surface area contributed by atoms with Crippen LogP contribution in [0, 0.1) is 0 Å². The molecule has 0 saturated heterocycles. The maximum atomic E-state index is 5.36. The smallest absolute Gasteiger partial charge is 0.213 e. The quantitative estimate of drug-likeness (QED) is 0.842. The van der Waals surface area contributed by atoms with Crippen molar-refractivity contribution in [2.24, 2.45) is 5.73 Å². The molecule has 0 fully saturated rings. The highest BCUT2D eigenvalue weighted by Gasteiger charge is 2.08. The first-order valence-corrected chi connectivity index (χ1v) is 6.43. The van der Waals surface area contributed by atoms with Crippen LogP contribution in [0.25, 0.3) is 0 Å². The van der Waals surface area contributed by atoms with Crippen molar-refractivity contribution >= 4 is 0 Å². The standard InChI is InChI=1S/C13H22N2O.CH5N/c1-5-16-12-8-6-7-11(15-12)9-10-14-13(2,3)4;1-2/h6-8,14H,5,9-10H2,1-4H3;2H2,1H3. The van der Waals surface area contributed by atoms with E-state index in [0.717, 1.165) is 24.5 Å². The average molecular weight is 253 g/mol. The second kappa shape index (κ2) is 8.89. The van der Waals surface area contributed by atoms with E-state index in [1.165, 1.54) is 7.05 Å². The number of rotatable bonds is 5. The Balaban J connectivity index is 0.00000137. The van der Waals surface area contributed by atoms with Crippen molar-refractivity contribution in [1.29, 1.82) is 0 Å². The molecule has 0 amide bonds. The Kier molecular flexibility index (Phi) is 8.33. The first-order chi connectivity index (χ1) is 8.51. The maximum absolute atomic E-state index is 5.36. The van der Waals surface area contributed by atoms with Gasteiger partial charge in [0.25, 0.3) is 0 Å². The molecule has 4 heteroatoms. The van der Waals surface area contributed by atoms with Crippen molar-refractivity contribution in [3.05, 3.63) is 23.9 Å². The van der Waals surface area contributed by atoms with Crippen LogP contribution >= 0.6 is 0 Å². The van der Waals surface area contributed by atoms with Crippen LogP contribution in [0.15, 0.2) is 18.2 Å². The molecule has 1 heterocycles. The van der Waals surface area contributed by atoms with Gasteiger partial charge >= 0.3 is 0 Å². The van der Waals surface area contributed by atoms with Gasteiger partial charge in [-0.3, -0.25) is 0 Å². The van der Waals surface area contributed by atoms with E-state index < -0.39 is 0 Å². The Morgan fingerprint density at radius 2 is 1.94 bits per heavy atom. The molecule has 0 aliphatic carbocycles. The highest BCUT2D eigenvalue weighted by atomic mass is 16.5. The number of ether oxygens (including phenoxy) is 1. The summed E-state index contributed by atoms with van der Waals surface area (Å²) in [5.41, 5.74) is 5.74. The van der Waals surface area contributed by atoms with E-state index in [4.69, 9.17) is 4.74 Å². The minimum Gasteiger partial charge on any atom is -0.478 e. The molecular formula is C14H27N3O. The predicted octanol–water partition coefficient (Wildman–Crippen LogP) is 1.99. The van der Waals surface area contributed by atoms with E-state index in [9.17, 15) is 0 Å². The summed E-state index contributed by atoms with van der Waals surface area (Å²) in [5.74, 6) is 0.718. The van der Waals surface area contributed by atoms with Gasteiger partial charge in [0.15, 0.2) is 0 Å². The van der Waals surface area contributed by atoms with Gasteiger partial charge in [0.2, 0.25) is 5.88 Å². The highest BCUT2D eigenvalue weighted by molar-refractivity contribution is 5.16. The monoisotopic (exact) mass is 253 g/mol. The van der Waals surface area contributed by atoms with E-state index in [1.807, 2.05) is 25.1 Å². The zero-order valence-corrected chi connectivity index (χ0v) is 12.3. The molecule has 104 valence electrons. The Labute approximate surface area is 111 Å². The van der Waals surface area contributed by atoms with Gasteiger partial charge in [-0.05, 0) is 40.8 Å². The SMILES string of the molecule is CCOc1cccc(CCNC(C)(C)C)n1.CN. The zero-order valence-electron chi connectivity index (χ0n) is 12.3. The normalized spacial score (nSPS) is 10.6. The van der Waals surface area contributed by atoms with Crippen LogP contribution in [0.2, 0.25) is 0 Å². The van der Waals surface area contributed by atoms with Gasteiger partial charge < -0.3 is 15.8 Å². The maximum Gasteiger partial charge on any atom is 0.213 e. The van der Waals surface area contributed by atoms with Crippen molar-refractivity contribution in [1.82, 2.24) is 10.3 Å². The summed E-state index contributed by atoms with van der Waals surface area (Å²) in [4.78, 5) is 4.42. The average Bonchev–Trinajstić information content (AvgIpc) is 2.31. The number of nitrogens with two attached hydrogens (primary N) is 1. The second-order valence-corrected chi connectivity index (χ2v) is 4.83. The van der Waals surface area contributed by atoms with Crippen LogP contribution in [0.3, 0.4) is 0 Å². The lowest BCUT2D eigenvalue weighted by atomic mass is 10.1. The van der Waals surface area contributed by atoms with Crippen LogP contribution in [0.4, 0.5) is 0 Å². The number of pyridine rings is 1. The fraction of sp³-hybridized carbons (Fsp3) is 0.643. The van der Waals surface area contributed by atoms with Gasteiger partial charge in [-0.15, -0.1) is 0 Å². The first-order valence-electron chi connectivity index (χ1n) is 6.43. The Morgan fingerprint density at radius 1 is 1.28 bits per heavy atom. The first kappa shape index (κ1) is 16.9. The molecule has 1 aromatic heterocycles. The number of nitrogens with one attached hydrogen (secondary N) is 1. The molecule has 0 aliphatic rings. The topological polar surface area (TPSA) is 60.2 Å². The summed E-state index contributed by atoms with van der Waals surface area (Å²) in [6, 6.07) is 5.92. The second-order valence-electron chi connectivity index (χ2n) is 4.83. The Hall–Kier alpha value is -1.13. The van der Waals surface area contributed by atoms with Crippen LogP contribution in [0.5, 0.6) is 5.88 Å². The van der Waals surface area contributed by atoms with E-state index in [0.29, 0.717) is 6.61 Å². The molecule has 0 aromatic carbocycles. The fourth-order valence-electron chi connectivity index (χ4n) is 1.39. The Morgan fingerprint density at radius 3 is 2.50 bits per heavy atom. The molecule has 3 N–H and O–H groups in total. The van der Waals surface area contributed by atoms with Crippen LogP contribution < -0.4 is 15.8 Å². The van der Waals surface area contributed by atoms with E-state index in [2.05, 4.69) is 36.8 Å². The lowest BCUT2D eigenvalue weighted by molar-refractivity contribution is 0.325. The number of nitrogens with zero attached hydrogens (tertiary/aromatic N) is 1. The third-order valence-corrected chi connectivity index (χ3v) is 2.11. The number of aromatic nitrogens is 1. The van der Waals surface area contributed by atoms with Crippen molar-refractivity contribution < 1.29 is 4.74 Å². The third-order valence-electron chi connectivity index (χ3n) is 2.11. The van der Waals surface area contributed by atoms with Crippen molar-refractivity contribution in [2.75, 3.05) is 20.2 Å². The van der Waals surface area contributed by atoms with Gasteiger partial charge in [0.05, 0.1) is 6.61 Å². The highest BCUT2D eigenvalue weighted by Crippen LogP contribution is 2.08. The molecule has 1 rings (SSSR count). The van der Waals surface area contributed by atoms with Gasteiger partial charge in [0.1, 0.15) is 0 Å². The molecule has 0 radical (unpaired) electrons. The molecule has 0 bridgehead atoms. The molecule has 0 spiro atoms. The number of hydrogen-bond donors (Lipinski definition) is 2. The van der Waals surface area contributed by atoms with Crippen LogP contribution in [-0.2, 0) is 6.42 Å². The molecule has 0 atom stereocenters. The fourth-order valence-corrected chi connectivity index (χ4v) is 1.39. The predicted molar refractivity (Wildman–Crippen MR) is 77.0 cm³/mol. The van der Waals surface area contributed by atoms with Crippen molar-refractivity contribution in [3.63, 3.8) is 0 Å². The largest absolute Gasteiger partial charge is 0.478 e. The van der Waals surface area contributed by atoms with Gasteiger partial charge in [-0.2, -0.15) is 0 Å². The van der Waals surface area contributed by atoms with Gasteiger partial charge in [-0.25, -0.2) is 4.98 Å². The van der Waals surface area contributed by atoms with Crippen molar-refractivity contribution in [3.8, 4) is 5.88 Å². The lowest BCUT2D eigenvalue weighted by Crippen LogP contribution is -2.37.